The maximum atomic E-state index is 10.9. The van der Waals surface area contributed by atoms with Gasteiger partial charge < -0.3 is 15.6 Å². The van der Waals surface area contributed by atoms with Crippen LogP contribution in [0.2, 0.25) is 0 Å². The Morgan fingerprint density at radius 2 is 2.00 bits per heavy atom. The van der Waals surface area contributed by atoms with Crippen molar-refractivity contribution in [1.29, 1.82) is 0 Å². The number of hydrazine groups is 1. The van der Waals surface area contributed by atoms with Crippen molar-refractivity contribution in [3.05, 3.63) is 10.3 Å². The summed E-state index contributed by atoms with van der Waals surface area (Å²) in [6.07, 6.45) is 1.40. The molecule has 1 rings (SSSR count). The number of halogens is 1. The summed E-state index contributed by atoms with van der Waals surface area (Å²) in [6, 6.07) is -0.0408. The summed E-state index contributed by atoms with van der Waals surface area (Å²) in [6.45, 7) is 1.18. The third-order valence-corrected chi connectivity index (χ3v) is 2.65. The van der Waals surface area contributed by atoms with Crippen molar-refractivity contribution in [1.82, 2.24) is 5.01 Å². The highest BCUT2D eigenvalue weighted by molar-refractivity contribution is 9.11. The van der Waals surface area contributed by atoms with Crippen molar-refractivity contribution in [3.8, 4) is 0 Å². The van der Waals surface area contributed by atoms with E-state index in [0.717, 1.165) is 0 Å². The van der Waals surface area contributed by atoms with Gasteiger partial charge in [0.1, 0.15) is 4.61 Å². The Morgan fingerprint density at radius 1 is 1.47 bits per heavy atom. The zero-order chi connectivity index (χ0) is 11.4. The number of carboxylic acids is 1. The first-order valence-corrected chi connectivity index (χ1v) is 5.33. The van der Waals surface area contributed by atoms with E-state index in [1.807, 2.05) is 0 Å². The molecule has 0 bridgehead atoms. The van der Waals surface area contributed by atoms with E-state index < -0.39 is 5.97 Å². The standard InChI is InChI=1S/C8H14BrN3O3/c9-7(10)6(8(13)14)12(11)5-1-3-15-4-2-5/h5H,1-4,10-11H2,(H,13,14)/b7-6-. The maximum absolute atomic E-state index is 10.9. The first kappa shape index (κ1) is 12.3. The normalized spacial score (nSPS) is 19.6. The van der Waals surface area contributed by atoms with Crippen LogP contribution >= 0.6 is 15.9 Å². The number of rotatable bonds is 3. The van der Waals surface area contributed by atoms with E-state index in [4.69, 9.17) is 21.4 Å². The van der Waals surface area contributed by atoms with Gasteiger partial charge >= 0.3 is 5.97 Å². The van der Waals surface area contributed by atoms with E-state index in [0.29, 0.717) is 26.1 Å². The largest absolute Gasteiger partial charge is 0.476 e. The van der Waals surface area contributed by atoms with Crippen LogP contribution in [0.25, 0.3) is 0 Å². The molecule has 0 unspecified atom stereocenters. The minimum atomic E-state index is -1.14. The van der Waals surface area contributed by atoms with Crippen molar-refractivity contribution < 1.29 is 14.6 Å². The van der Waals surface area contributed by atoms with Gasteiger partial charge in [0.2, 0.25) is 0 Å². The zero-order valence-electron chi connectivity index (χ0n) is 8.15. The Bertz CT molecular complexity index is 272. The molecule has 0 spiro atoms. The highest BCUT2D eigenvalue weighted by atomic mass is 79.9. The van der Waals surface area contributed by atoms with Crippen molar-refractivity contribution in [2.45, 2.75) is 18.9 Å². The SMILES string of the molecule is N/C(Br)=C(/C(=O)O)N(N)C1CCOCC1. The maximum Gasteiger partial charge on any atom is 0.356 e. The molecule has 0 aliphatic carbocycles. The van der Waals surface area contributed by atoms with Gasteiger partial charge in [0.25, 0.3) is 0 Å². The van der Waals surface area contributed by atoms with Gasteiger partial charge in [-0.1, -0.05) is 0 Å². The van der Waals surface area contributed by atoms with Gasteiger partial charge in [0.05, 0.1) is 0 Å². The van der Waals surface area contributed by atoms with Crippen LogP contribution in [-0.4, -0.2) is 35.3 Å². The summed E-state index contributed by atoms with van der Waals surface area (Å²) >= 11 is 2.93. The summed E-state index contributed by atoms with van der Waals surface area (Å²) in [5, 5.41) is 10.1. The quantitative estimate of drug-likeness (QED) is 0.290. The molecule has 1 fully saturated rings. The lowest BCUT2D eigenvalue weighted by molar-refractivity contribution is -0.135. The summed E-state index contributed by atoms with van der Waals surface area (Å²) in [5.41, 5.74) is 5.30. The Hall–Kier alpha value is -0.790. The average molecular weight is 280 g/mol. The molecule has 1 saturated heterocycles. The van der Waals surface area contributed by atoms with E-state index in [2.05, 4.69) is 15.9 Å². The highest BCUT2D eigenvalue weighted by Gasteiger charge is 2.26. The summed E-state index contributed by atoms with van der Waals surface area (Å²) < 4.78 is 5.19. The molecule has 1 heterocycles. The van der Waals surface area contributed by atoms with E-state index >= 15 is 0 Å². The van der Waals surface area contributed by atoms with E-state index in [1.165, 1.54) is 5.01 Å². The van der Waals surface area contributed by atoms with Gasteiger partial charge in [0, 0.05) is 19.3 Å². The molecule has 0 atom stereocenters. The molecular weight excluding hydrogens is 266 g/mol. The number of nitrogens with zero attached hydrogens (tertiary/aromatic N) is 1. The lowest BCUT2D eigenvalue weighted by atomic mass is 10.1. The molecule has 6 nitrogen and oxygen atoms in total. The van der Waals surface area contributed by atoms with Crippen molar-refractivity contribution in [3.63, 3.8) is 0 Å². The Kier molecular flexibility index (Phi) is 4.37. The van der Waals surface area contributed by atoms with Gasteiger partial charge in [0.15, 0.2) is 5.70 Å². The number of hydrogen-bond donors (Lipinski definition) is 3. The molecule has 86 valence electrons. The van der Waals surface area contributed by atoms with Crippen LogP contribution < -0.4 is 11.6 Å². The predicted octanol–water partition coefficient (Wildman–Crippen LogP) is -0.0516. The number of aliphatic carboxylic acids is 1. The Labute approximate surface area is 95.9 Å². The van der Waals surface area contributed by atoms with Crippen LogP contribution in [0.5, 0.6) is 0 Å². The van der Waals surface area contributed by atoms with Gasteiger partial charge in [-0.05, 0) is 28.8 Å². The average Bonchev–Trinajstić information content (AvgIpc) is 2.18. The fourth-order valence-electron chi connectivity index (χ4n) is 1.48. The van der Waals surface area contributed by atoms with Crippen molar-refractivity contribution >= 4 is 21.9 Å². The van der Waals surface area contributed by atoms with Crippen LogP contribution in [0.3, 0.4) is 0 Å². The number of hydrogen-bond acceptors (Lipinski definition) is 5. The number of ether oxygens (including phenoxy) is 1. The third-order valence-electron chi connectivity index (χ3n) is 2.27. The predicted molar refractivity (Wildman–Crippen MR) is 57.6 cm³/mol. The fourth-order valence-corrected chi connectivity index (χ4v) is 1.86. The van der Waals surface area contributed by atoms with Gasteiger partial charge in [-0.3, -0.25) is 5.01 Å². The lowest BCUT2D eigenvalue weighted by Crippen LogP contribution is -2.46. The summed E-state index contributed by atoms with van der Waals surface area (Å²) in [5.74, 6) is 4.58. The second-order valence-electron chi connectivity index (χ2n) is 3.25. The molecule has 0 radical (unpaired) electrons. The van der Waals surface area contributed by atoms with Crippen LogP contribution in [0, 0.1) is 0 Å². The first-order valence-electron chi connectivity index (χ1n) is 4.54. The smallest absolute Gasteiger partial charge is 0.356 e. The molecule has 0 aromatic heterocycles. The number of carboxylic acid groups (broad SMARTS) is 1. The second-order valence-corrected chi connectivity index (χ2v) is 4.11. The number of carbonyl (C=O) groups is 1. The third kappa shape index (κ3) is 3.08. The summed E-state index contributed by atoms with van der Waals surface area (Å²) in [7, 11) is 0. The molecule has 5 N–H and O–H groups in total. The first-order chi connectivity index (χ1) is 7.04. The summed E-state index contributed by atoms with van der Waals surface area (Å²) in [4.78, 5) is 10.9. The van der Waals surface area contributed by atoms with Crippen LogP contribution in [0.15, 0.2) is 10.3 Å². The molecule has 0 aromatic rings. The molecule has 1 aliphatic heterocycles. The minimum absolute atomic E-state index is 0.0315. The second kappa shape index (κ2) is 5.34. The van der Waals surface area contributed by atoms with E-state index in [9.17, 15) is 4.79 Å². The van der Waals surface area contributed by atoms with Crippen LogP contribution in [0.1, 0.15) is 12.8 Å². The molecule has 7 heteroatoms. The Balaban J connectivity index is 2.76. The van der Waals surface area contributed by atoms with Crippen LogP contribution in [-0.2, 0) is 9.53 Å². The van der Waals surface area contributed by atoms with E-state index in [-0.39, 0.29) is 16.3 Å². The number of nitrogens with two attached hydrogens (primary N) is 2. The molecular formula is C8H14BrN3O3. The highest BCUT2D eigenvalue weighted by Crippen LogP contribution is 2.18. The van der Waals surface area contributed by atoms with Crippen molar-refractivity contribution in [2.75, 3.05) is 13.2 Å². The van der Waals surface area contributed by atoms with Gasteiger partial charge in [-0.25, -0.2) is 10.6 Å². The Morgan fingerprint density at radius 3 is 2.40 bits per heavy atom. The minimum Gasteiger partial charge on any atom is -0.476 e. The molecule has 15 heavy (non-hydrogen) atoms. The van der Waals surface area contributed by atoms with E-state index in [1.54, 1.807) is 0 Å². The monoisotopic (exact) mass is 279 g/mol. The molecule has 0 aromatic carbocycles. The van der Waals surface area contributed by atoms with Gasteiger partial charge in [-0.2, -0.15) is 0 Å². The zero-order valence-corrected chi connectivity index (χ0v) is 9.74. The lowest BCUT2D eigenvalue weighted by Gasteiger charge is -2.32. The molecule has 0 amide bonds. The van der Waals surface area contributed by atoms with Gasteiger partial charge in [-0.15, -0.1) is 0 Å². The van der Waals surface area contributed by atoms with Crippen LogP contribution in [0.4, 0.5) is 0 Å². The fraction of sp³-hybridized carbons (Fsp3) is 0.625. The molecule has 1 aliphatic rings. The van der Waals surface area contributed by atoms with Crippen molar-refractivity contribution in [2.24, 2.45) is 11.6 Å². The topological polar surface area (TPSA) is 102 Å². The molecule has 0 saturated carbocycles.